The highest BCUT2D eigenvalue weighted by molar-refractivity contribution is 9.10. The molecule has 3 fully saturated rings. The number of aryl methyl sites for hydroxylation is 2. The number of nitrogens with zero attached hydrogens (tertiary/aromatic N) is 7. The second-order valence-electron chi connectivity index (χ2n) is 14.8. The lowest BCUT2D eigenvalue weighted by atomic mass is 9.95. The molecule has 3 aromatic heterocycles. The molecule has 4 aliphatic rings. The molecule has 1 N–H and O–H groups in total. The number of ketones is 1. The SMILES string of the molecule is CC(=O)c1nn(CC(=O)N2[C@H](C(=O)Nc3nc(Br)ccc3CN3CCC(S(C)(=O)=O)CC3)C[C@@]3(C)C4=C[C@@]423)c2c(C)cc(-c3cnc(C)nc3)cc12. The van der Waals surface area contributed by atoms with Crippen molar-refractivity contribution >= 4 is 60.1 Å². The molecule has 1 saturated carbocycles. The van der Waals surface area contributed by atoms with Gasteiger partial charge in [0.25, 0.3) is 0 Å². The Kier molecular flexibility index (Phi) is 8.08. The number of pyridine rings is 1. The fourth-order valence-corrected chi connectivity index (χ4v) is 9.90. The van der Waals surface area contributed by atoms with Gasteiger partial charge in [0.15, 0.2) is 5.78 Å². The summed E-state index contributed by atoms with van der Waals surface area (Å²) in [6.45, 7) is 8.88. The Bertz CT molecular complexity index is 2350. The number of Topliss-reactive ketones (excluding diaryl/α,β-unsaturated/α-hetero) is 1. The molecule has 4 aromatic rings. The third-order valence-corrected chi connectivity index (χ3v) is 13.5. The highest BCUT2D eigenvalue weighted by atomic mass is 79.9. The third-order valence-electron chi connectivity index (χ3n) is 11.4. The summed E-state index contributed by atoms with van der Waals surface area (Å²) in [5.41, 5.74) is 4.59. The van der Waals surface area contributed by atoms with Gasteiger partial charge in [-0.3, -0.25) is 24.0 Å². The van der Waals surface area contributed by atoms with Gasteiger partial charge >= 0.3 is 0 Å². The van der Waals surface area contributed by atoms with E-state index in [2.05, 4.69) is 59.2 Å². The zero-order chi connectivity index (χ0) is 36.9. The number of piperidine rings is 2. The summed E-state index contributed by atoms with van der Waals surface area (Å²) >= 11 is 3.44. The molecule has 13 nitrogen and oxygen atoms in total. The molecular formula is C37H39BrN8O5S. The summed E-state index contributed by atoms with van der Waals surface area (Å²) in [4.78, 5) is 58.5. The van der Waals surface area contributed by atoms with Gasteiger partial charge in [0, 0.05) is 54.0 Å². The number of nitrogens with one attached hydrogen (secondary N) is 1. The van der Waals surface area contributed by atoms with E-state index in [0.717, 1.165) is 22.3 Å². The van der Waals surface area contributed by atoms with E-state index in [-0.39, 0.29) is 40.5 Å². The number of amides is 2. The van der Waals surface area contributed by atoms with Crippen molar-refractivity contribution in [3.05, 3.63) is 75.6 Å². The maximum absolute atomic E-state index is 14.4. The Labute approximate surface area is 309 Å². The molecule has 2 aliphatic heterocycles. The smallest absolute Gasteiger partial charge is 0.248 e. The molecule has 3 atom stereocenters. The van der Waals surface area contributed by atoms with Gasteiger partial charge in [-0.15, -0.1) is 0 Å². The van der Waals surface area contributed by atoms with E-state index in [1.54, 1.807) is 22.0 Å². The van der Waals surface area contributed by atoms with Crippen LogP contribution in [0.15, 0.2) is 52.9 Å². The molecule has 5 heterocycles. The van der Waals surface area contributed by atoms with Crippen molar-refractivity contribution in [2.24, 2.45) is 5.41 Å². The van der Waals surface area contributed by atoms with Crippen LogP contribution in [0.4, 0.5) is 5.82 Å². The molecule has 2 saturated heterocycles. The van der Waals surface area contributed by atoms with Gasteiger partial charge in [-0.2, -0.15) is 5.10 Å². The quantitative estimate of drug-likeness (QED) is 0.146. The van der Waals surface area contributed by atoms with Gasteiger partial charge in [-0.1, -0.05) is 19.1 Å². The molecule has 0 radical (unpaired) electrons. The number of fused-ring (bicyclic) bond motifs is 2. The summed E-state index contributed by atoms with van der Waals surface area (Å²) in [6, 6.07) is 6.84. The van der Waals surface area contributed by atoms with Crippen LogP contribution in [0.1, 0.15) is 60.5 Å². The number of rotatable bonds is 9. The van der Waals surface area contributed by atoms with Crippen LogP contribution >= 0.6 is 15.9 Å². The summed E-state index contributed by atoms with van der Waals surface area (Å²) < 4.78 is 26.3. The van der Waals surface area contributed by atoms with Crippen molar-refractivity contribution in [1.82, 2.24) is 34.5 Å². The normalized spacial score (nSPS) is 24.0. The molecule has 8 rings (SSSR count). The Hall–Kier alpha value is -4.34. The summed E-state index contributed by atoms with van der Waals surface area (Å²) in [6.07, 6.45) is 8.43. The maximum atomic E-state index is 14.4. The largest absolute Gasteiger partial charge is 0.315 e. The molecular weight excluding hydrogens is 748 g/mol. The highest BCUT2D eigenvalue weighted by Gasteiger charge is 2.87. The zero-order valence-electron chi connectivity index (χ0n) is 29.6. The van der Waals surface area contributed by atoms with E-state index in [1.165, 1.54) is 18.8 Å². The van der Waals surface area contributed by atoms with Crippen molar-refractivity contribution in [2.45, 2.75) is 76.9 Å². The zero-order valence-corrected chi connectivity index (χ0v) is 32.0. The fraction of sp³-hybridized carbons (Fsp3) is 0.432. The van der Waals surface area contributed by atoms with Crippen molar-refractivity contribution < 1.29 is 22.8 Å². The van der Waals surface area contributed by atoms with Gasteiger partial charge < -0.3 is 10.2 Å². The minimum atomic E-state index is -3.09. The Morgan fingerprint density at radius 3 is 2.42 bits per heavy atom. The molecule has 270 valence electrons. The Balaban J connectivity index is 1.05. The van der Waals surface area contributed by atoms with Crippen molar-refractivity contribution in [1.29, 1.82) is 0 Å². The number of anilines is 1. The van der Waals surface area contributed by atoms with Crippen LogP contribution in [0.25, 0.3) is 22.0 Å². The summed E-state index contributed by atoms with van der Waals surface area (Å²) in [7, 11) is -3.09. The lowest BCUT2D eigenvalue weighted by molar-refractivity contribution is -0.139. The lowest BCUT2D eigenvalue weighted by Gasteiger charge is -2.31. The molecule has 0 unspecified atom stereocenters. The lowest BCUT2D eigenvalue weighted by Crippen LogP contribution is -2.49. The Morgan fingerprint density at radius 1 is 1.06 bits per heavy atom. The second-order valence-corrected chi connectivity index (χ2v) is 18.0. The number of likely N-dealkylation sites (tertiary alicyclic amines) is 2. The molecule has 15 heteroatoms. The van der Waals surface area contributed by atoms with Gasteiger partial charge in [0.05, 0.1) is 16.3 Å². The van der Waals surface area contributed by atoms with E-state index in [0.29, 0.717) is 66.0 Å². The first-order chi connectivity index (χ1) is 24.6. The predicted molar refractivity (Wildman–Crippen MR) is 198 cm³/mol. The molecule has 1 spiro atoms. The fourth-order valence-electron chi connectivity index (χ4n) is 8.52. The monoisotopic (exact) mass is 786 g/mol. The molecule has 0 bridgehead atoms. The minimum absolute atomic E-state index is 0.149. The molecule has 2 aliphatic carbocycles. The first kappa shape index (κ1) is 34.7. The van der Waals surface area contributed by atoms with Gasteiger partial charge in [0.1, 0.15) is 44.4 Å². The number of benzene rings is 1. The topological polar surface area (TPSA) is 160 Å². The van der Waals surface area contributed by atoms with Crippen LogP contribution in [-0.4, -0.2) is 96.7 Å². The van der Waals surface area contributed by atoms with E-state index in [1.807, 2.05) is 38.1 Å². The number of aromatic nitrogens is 5. The van der Waals surface area contributed by atoms with Gasteiger partial charge in [-0.05, 0) is 97.0 Å². The van der Waals surface area contributed by atoms with Crippen LogP contribution in [0.2, 0.25) is 0 Å². The summed E-state index contributed by atoms with van der Waals surface area (Å²) in [5, 5.41) is 8.00. The molecule has 1 aromatic carbocycles. The van der Waals surface area contributed by atoms with E-state index in [4.69, 9.17) is 0 Å². The number of carbonyl (C=O) groups excluding carboxylic acids is 3. The number of hydrogen-bond acceptors (Lipinski definition) is 10. The van der Waals surface area contributed by atoms with Crippen molar-refractivity contribution in [3.8, 4) is 11.1 Å². The minimum Gasteiger partial charge on any atom is -0.315 e. The van der Waals surface area contributed by atoms with Crippen molar-refractivity contribution in [2.75, 3.05) is 24.7 Å². The third kappa shape index (κ3) is 5.59. The maximum Gasteiger partial charge on any atom is 0.248 e. The standard InChI is InChI=1S/C37H39BrN8O5S/c1-20-12-24(25-16-39-22(3)40-17-25)13-27-32(21(2)47)43-45(33(20)27)19-31(48)46-28(14-36(4)29-15-37(29,36)46)35(49)42-34-23(6-7-30(38)41-34)18-44-10-8-26(9-11-44)52(5,50)51/h6-7,12-13,15-17,26,28H,8-11,14,18-19H2,1-5H3,(H,41,42,49)/t28-,36-,37-/m0/s1. The van der Waals surface area contributed by atoms with Crippen LogP contribution in [0, 0.1) is 19.3 Å². The van der Waals surface area contributed by atoms with Crippen molar-refractivity contribution in [3.63, 3.8) is 0 Å². The first-order valence-electron chi connectivity index (χ1n) is 17.4. The highest BCUT2D eigenvalue weighted by Crippen LogP contribution is 2.83. The van der Waals surface area contributed by atoms with E-state index in [9.17, 15) is 22.8 Å². The van der Waals surface area contributed by atoms with Crippen LogP contribution in [0.5, 0.6) is 0 Å². The average Bonchev–Trinajstić information content (AvgIpc) is 3.87. The van der Waals surface area contributed by atoms with Crippen LogP contribution < -0.4 is 5.32 Å². The molecule has 2 amide bonds. The number of hydrogen-bond donors (Lipinski definition) is 1. The average molecular weight is 788 g/mol. The predicted octanol–water partition coefficient (Wildman–Crippen LogP) is 4.42. The van der Waals surface area contributed by atoms with Crippen LogP contribution in [0.3, 0.4) is 0 Å². The van der Waals surface area contributed by atoms with E-state index < -0.39 is 21.4 Å². The number of sulfone groups is 1. The molecule has 52 heavy (non-hydrogen) atoms. The van der Waals surface area contributed by atoms with Crippen LogP contribution in [-0.2, 0) is 32.5 Å². The van der Waals surface area contributed by atoms with E-state index >= 15 is 0 Å². The summed E-state index contributed by atoms with van der Waals surface area (Å²) in [5.74, 6) is 0.248. The second kappa shape index (κ2) is 12.1. The van der Waals surface area contributed by atoms with Gasteiger partial charge in [-0.25, -0.2) is 23.4 Å². The number of carbonyl (C=O) groups is 3. The Morgan fingerprint density at radius 2 is 1.77 bits per heavy atom. The number of halogens is 1. The first-order valence-corrected chi connectivity index (χ1v) is 20.1. The van der Waals surface area contributed by atoms with Gasteiger partial charge in [0.2, 0.25) is 11.8 Å².